The minimum absolute atomic E-state index is 0.0226. The number of rotatable bonds is 8. The zero-order valence-electron chi connectivity index (χ0n) is 97.2. The van der Waals surface area contributed by atoms with E-state index in [0.717, 1.165) is 5.56 Å². The lowest BCUT2D eigenvalue weighted by Crippen LogP contribution is -2.19. The fourth-order valence-corrected chi connectivity index (χ4v) is 17.0. The summed E-state index contributed by atoms with van der Waals surface area (Å²) in [7, 11) is 0. The molecule has 0 aliphatic rings. The molecule has 0 atom stereocenters. The molecule has 0 spiro atoms. The van der Waals surface area contributed by atoms with Gasteiger partial charge in [0.05, 0.1) is 12.3 Å². The Morgan fingerprint density at radius 3 is 0.737 bits per heavy atom. The third-order valence-electron chi connectivity index (χ3n) is 25.7. The Balaban J connectivity index is 0.000000160. The second-order valence-corrected chi connectivity index (χ2v) is 47.4. The van der Waals surface area contributed by atoms with Crippen LogP contribution < -0.4 is 0 Å². The van der Waals surface area contributed by atoms with E-state index in [-0.39, 0.29) is 107 Å². The highest BCUT2D eigenvalue weighted by Crippen LogP contribution is 2.47. The predicted molar refractivity (Wildman–Crippen MR) is 606 cm³/mol. The van der Waals surface area contributed by atoms with Crippen LogP contribution in [0.5, 0.6) is 0 Å². The van der Waals surface area contributed by atoms with Crippen LogP contribution in [0.25, 0.3) is 121 Å². The van der Waals surface area contributed by atoms with E-state index in [1.54, 1.807) is 18.2 Å². The van der Waals surface area contributed by atoms with Gasteiger partial charge in [0.2, 0.25) is 0 Å². The van der Waals surface area contributed by atoms with Gasteiger partial charge in [0.1, 0.15) is 0 Å². The van der Waals surface area contributed by atoms with E-state index >= 15 is 0 Å². The monoisotopic (exact) mass is 1810 g/mol. The van der Waals surface area contributed by atoms with Gasteiger partial charge in [0.15, 0.2) is 0 Å². The lowest BCUT2D eigenvalue weighted by Gasteiger charge is -2.31. The molecular weight excluding hydrogens is 1650 g/mol. The van der Waals surface area contributed by atoms with Crippen LogP contribution in [0.4, 0.5) is 0 Å². The summed E-state index contributed by atoms with van der Waals surface area (Å²) in [6.07, 6.45) is 0. The normalized spacial score (nSPS) is 13.1. The molecule has 137 heavy (non-hydrogen) atoms. The van der Waals surface area contributed by atoms with Gasteiger partial charge in [0.25, 0.3) is 0 Å². The molecule has 0 aliphatic heterocycles. The smallest absolute Gasteiger partial charge is 0.0622 e. The van der Waals surface area contributed by atoms with Crippen LogP contribution in [0.15, 0.2) is 382 Å². The Labute approximate surface area is 840 Å². The molecule has 0 radical (unpaired) electrons. The first-order valence-corrected chi connectivity index (χ1v) is 49.1. The zero-order chi connectivity index (χ0) is 107. The molecule has 0 aliphatic carbocycles. The van der Waals surface area contributed by atoms with Crippen molar-refractivity contribution in [3.8, 4) is 89.0 Å². The summed E-state index contributed by atoms with van der Waals surface area (Å²) in [5.74, 6) is 0. The van der Waals surface area contributed by atoms with Gasteiger partial charge < -0.3 is 0 Å². The van der Waals surface area contributed by atoms with Gasteiger partial charge in [0, 0.05) is 0 Å². The summed E-state index contributed by atoms with van der Waals surface area (Å²) >= 11 is 0. The Bertz CT molecular complexity index is 7080. The van der Waals surface area contributed by atoms with Crippen molar-refractivity contribution in [3.05, 3.63) is 443 Å². The molecule has 0 aromatic heterocycles. The molecule has 0 saturated heterocycles. The van der Waals surface area contributed by atoms with Crippen molar-refractivity contribution in [2.45, 2.75) is 269 Å². The van der Waals surface area contributed by atoms with Crippen molar-refractivity contribution >= 4 is 32.3 Å². The van der Waals surface area contributed by atoms with Crippen molar-refractivity contribution in [1.29, 1.82) is 0 Å². The van der Waals surface area contributed by atoms with E-state index in [0.29, 0.717) is 11.1 Å². The van der Waals surface area contributed by atoms with Gasteiger partial charge in [-0.15, -0.1) is 0 Å². The summed E-state index contributed by atoms with van der Waals surface area (Å²) in [6.45, 7) is 69.5. The maximum absolute atomic E-state index is 8.44. The van der Waals surface area contributed by atoms with E-state index in [1.807, 2.05) is 26.8 Å². The Hall–Kier alpha value is -12.5. The van der Waals surface area contributed by atoms with Crippen LogP contribution in [0, 0.1) is 6.92 Å². The van der Waals surface area contributed by atoms with E-state index in [4.69, 9.17) is 12.3 Å². The Kier molecular flexibility index (Phi) is 28.0. The third-order valence-corrected chi connectivity index (χ3v) is 25.7. The van der Waals surface area contributed by atoms with E-state index in [2.05, 4.69) is 490 Å². The minimum atomic E-state index is -0.478. The summed E-state index contributed by atoms with van der Waals surface area (Å²) in [5.41, 5.74) is 30.8. The van der Waals surface area contributed by atoms with Crippen LogP contribution in [-0.4, -0.2) is 0 Å². The fourth-order valence-electron chi connectivity index (χ4n) is 17.0. The number of fused-ring (bicyclic) bond motifs is 6. The molecule has 17 aromatic carbocycles. The number of benzene rings is 17. The van der Waals surface area contributed by atoms with E-state index < -0.39 is 18.1 Å². The highest BCUT2D eigenvalue weighted by Gasteiger charge is 2.30. The van der Waals surface area contributed by atoms with Crippen LogP contribution in [0.3, 0.4) is 0 Å². The standard InChI is InChI=1S/C38H54.C23H24.C22H20.C22H22.2C16H18/c1-34(2,3)27-19-25(20-28(23-27)35(4,5)6)31-17-16-18-32(33(31)38(13,14)15)26-21-29(36(7,8)9)24-30(22-26)37(10,11)12;1-17-10-12-19(13-11-17)21-14-20(18-8-6-5-7-9-18)15-22(16-21)23(2,3)4;1-22(2,3)15-12-13-20-18-10-5-4-8-16(18)17-9-6-7-11-19(17)21(20)14-15;1-22(2,3)21-15-19(17-10-6-4-7-11-17)14-20(16-21)18-12-8-5-9-13-18;1-16(2,3)15-11-7-10-14(12-15)13-8-5-4-6-9-13;1-16(2,3)15-11-9-14(10-12-15)13-7-5-4-6-8-13/h16-24H,1-15H3;5-16H,1-4H3;4-14H,1-3H3;4-16H,1-3H3;2*4-12H,1-3H3/i;5D,6D,7D,8D,9D,10D,11D,12D,13D;;;;. The topological polar surface area (TPSA) is 0 Å². The Morgan fingerprint density at radius 1 is 0.146 bits per heavy atom. The summed E-state index contributed by atoms with van der Waals surface area (Å²) in [5, 5.41) is 8.09. The maximum Gasteiger partial charge on any atom is 0.0629 e. The van der Waals surface area contributed by atoms with E-state index in [9.17, 15) is 0 Å². The molecule has 0 bridgehead atoms. The first-order valence-electron chi connectivity index (χ1n) is 53.6. The lowest BCUT2D eigenvalue weighted by molar-refractivity contribution is 0.568. The highest BCUT2D eigenvalue weighted by atomic mass is 14.3. The van der Waals surface area contributed by atoms with Crippen molar-refractivity contribution in [1.82, 2.24) is 0 Å². The molecule has 0 N–H and O–H groups in total. The molecule has 0 heteroatoms. The minimum Gasteiger partial charge on any atom is -0.0622 e. The SMILES string of the molecule is CC(C)(C)c1cc(-c2cccc(-c3cc(C(C)(C)C)cc(C(C)(C)C)c3)c2C(C)(C)C)cc(C(C)(C)C)c1.CC(C)(C)c1cc(-c2ccccc2)cc(-c2ccccc2)c1.CC(C)(C)c1ccc(-c2ccccc2)cc1.CC(C)(C)c1ccc2c3ccccc3c3ccccc3c2c1.CC(C)(C)c1cccc(-c2ccccc2)c1.[2H]c1c([2H])c([2H])c(-c2cc(-c3c([2H])c([2H])c(C)c([2H])c3[2H])cc(C(C)(C)C)c2)c([2H])c1[2H]. The van der Waals surface area contributed by atoms with Crippen LogP contribution >= 0.6 is 0 Å². The van der Waals surface area contributed by atoms with Crippen LogP contribution in [-0.2, 0) is 54.1 Å². The van der Waals surface area contributed by atoms with Crippen molar-refractivity contribution in [2.75, 3.05) is 0 Å². The largest absolute Gasteiger partial charge is 0.0629 e. The first kappa shape index (κ1) is 91.0. The molecule has 0 saturated carbocycles. The highest BCUT2D eigenvalue weighted by molar-refractivity contribution is 6.25. The molecule has 0 nitrogen and oxygen atoms in total. The Morgan fingerprint density at radius 2 is 0.394 bits per heavy atom. The van der Waals surface area contributed by atoms with Crippen LogP contribution in [0.2, 0.25) is 0 Å². The second-order valence-electron chi connectivity index (χ2n) is 47.4. The summed E-state index contributed by atoms with van der Waals surface area (Å²) in [4.78, 5) is 0. The molecule has 17 rings (SSSR count). The van der Waals surface area contributed by atoms with Crippen molar-refractivity contribution in [3.63, 3.8) is 0 Å². The molecule has 0 fully saturated rings. The van der Waals surface area contributed by atoms with Crippen molar-refractivity contribution in [2.24, 2.45) is 0 Å². The molecule has 704 valence electrons. The molecular formula is C137H156. The molecule has 0 heterocycles. The molecule has 0 unspecified atom stereocenters. The third kappa shape index (κ3) is 27.3. The predicted octanol–water partition coefficient (Wildman–Crippen LogP) is 40.2. The van der Waals surface area contributed by atoms with Crippen LogP contribution in [0.1, 0.15) is 281 Å². The summed E-state index contributed by atoms with van der Waals surface area (Å²) < 4.78 is 73.8. The van der Waals surface area contributed by atoms with Gasteiger partial charge >= 0.3 is 0 Å². The fraction of sp³-hybridized carbons (Fsp3) is 0.299. The number of hydrogen-bond donors (Lipinski definition) is 0. The van der Waals surface area contributed by atoms with E-state index in [1.165, 1.54) is 156 Å². The van der Waals surface area contributed by atoms with Gasteiger partial charge in [-0.05, 0) is 256 Å². The second kappa shape index (κ2) is 42.2. The lowest BCUT2D eigenvalue weighted by atomic mass is 9.73. The zero-order valence-corrected chi connectivity index (χ0v) is 88.2. The van der Waals surface area contributed by atoms with Crippen molar-refractivity contribution < 1.29 is 12.3 Å². The van der Waals surface area contributed by atoms with Gasteiger partial charge in [-0.1, -0.05) is 577 Å². The average Bonchev–Trinajstić information content (AvgIpc) is 0.743. The van der Waals surface area contributed by atoms with Gasteiger partial charge in [-0.2, -0.15) is 0 Å². The quantitative estimate of drug-likeness (QED) is 0.133. The molecule has 17 aromatic rings. The molecule has 0 amide bonds. The number of hydrogen-bond acceptors (Lipinski definition) is 0. The van der Waals surface area contributed by atoms with Gasteiger partial charge in [-0.3, -0.25) is 0 Å². The average molecular weight is 1810 g/mol. The van der Waals surface area contributed by atoms with Gasteiger partial charge in [-0.25, -0.2) is 0 Å². The first-order chi connectivity index (χ1) is 67.9. The maximum atomic E-state index is 8.44. The summed E-state index contributed by atoms with van der Waals surface area (Å²) in [6, 6.07) is 115.